The van der Waals surface area contributed by atoms with Crippen molar-refractivity contribution in [1.29, 1.82) is 0 Å². The molecule has 0 bridgehead atoms. The number of hydrogen-bond donors (Lipinski definition) is 3. The monoisotopic (exact) mass is 314 g/mol. The maximum atomic E-state index is 11.9. The summed E-state index contributed by atoms with van der Waals surface area (Å²) in [6, 6.07) is 14.7. The van der Waals surface area contributed by atoms with Gasteiger partial charge in [-0.2, -0.15) is 0 Å². The number of aryl methyl sites for hydroxylation is 1. The van der Waals surface area contributed by atoms with Crippen LogP contribution in [0.5, 0.6) is 5.75 Å². The first kappa shape index (κ1) is 16.8. The zero-order valence-corrected chi connectivity index (χ0v) is 13.4. The van der Waals surface area contributed by atoms with Crippen LogP contribution in [0.25, 0.3) is 0 Å². The van der Waals surface area contributed by atoms with Crippen molar-refractivity contribution in [2.45, 2.75) is 19.4 Å². The van der Waals surface area contributed by atoms with Crippen molar-refractivity contribution < 1.29 is 14.6 Å². The Morgan fingerprint density at radius 1 is 1.22 bits per heavy atom. The van der Waals surface area contributed by atoms with E-state index in [0.29, 0.717) is 12.1 Å². The molecule has 5 nitrogen and oxygen atoms in total. The standard InChI is InChI=1S/C18H22N2O3/c1-13-10-15(8-9-17(13)23-2)20-18(22)19-12-16(21)11-14-6-4-3-5-7-14/h3-10,16,21H,11-12H2,1-2H3,(H2,19,20,22). The number of ether oxygens (including phenoxy) is 1. The van der Waals surface area contributed by atoms with Crippen LogP contribution in [-0.4, -0.2) is 30.9 Å². The van der Waals surface area contributed by atoms with Gasteiger partial charge < -0.3 is 20.5 Å². The third-order valence-electron chi connectivity index (χ3n) is 3.47. The van der Waals surface area contributed by atoms with Gasteiger partial charge in [-0.3, -0.25) is 0 Å². The molecule has 3 N–H and O–H groups in total. The largest absolute Gasteiger partial charge is 0.496 e. The van der Waals surface area contributed by atoms with E-state index in [9.17, 15) is 9.90 Å². The minimum Gasteiger partial charge on any atom is -0.496 e. The number of anilines is 1. The van der Waals surface area contributed by atoms with Gasteiger partial charge in [0.25, 0.3) is 0 Å². The highest BCUT2D eigenvalue weighted by molar-refractivity contribution is 5.89. The van der Waals surface area contributed by atoms with Gasteiger partial charge in [-0.15, -0.1) is 0 Å². The van der Waals surface area contributed by atoms with E-state index in [0.717, 1.165) is 16.9 Å². The molecule has 23 heavy (non-hydrogen) atoms. The van der Waals surface area contributed by atoms with Crippen molar-refractivity contribution in [3.63, 3.8) is 0 Å². The molecule has 0 aromatic heterocycles. The average Bonchev–Trinajstić information content (AvgIpc) is 2.54. The molecule has 0 saturated carbocycles. The first-order chi connectivity index (χ1) is 11.1. The summed E-state index contributed by atoms with van der Waals surface area (Å²) in [7, 11) is 1.61. The van der Waals surface area contributed by atoms with Gasteiger partial charge in [0.1, 0.15) is 5.75 Å². The molecular weight excluding hydrogens is 292 g/mol. The maximum absolute atomic E-state index is 11.9. The van der Waals surface area contributed by atoms with Crippen LogP contribution in [0, 0.1) is 6.92 Å². The summed E-state index contributed by atoms with van der Waals surface area (Å²) in [4.78, 5) is 11.9. The lowest BCUT2D eigenvalue weighted by Crippen LogP contribution is -2.36. The Morgan fingerprint density at radius 3 is 2.61 bits per heavy atom. The van der Waals surface area contributed by atoms with Crippen LogP contribution >= 0.6 is 0 Å². The summed E-state index contributed by atoms with van der Waals surface area (Å²) in [5, 5.41) is 15.4. The smallest absolute Gasteiger partial charge is 0.319 e. The molecule has 2 amide bonds. The number of carbonyl (C=O) groups is 1. The zero-order chi connectivity index (χ0) is 16.7. The van der Waals surface area contributed by atoms with Crippen molar-refractivity contribution in [2.75, 3.05) is 19.0 Å². The van der Waals surface area contributed by atoms with E-state index in [2.05, 4.69) is 10.6 Å². The lowest BCUT2D eigenvalue weighted by molar-refractivity contribution is 0.172. The molecule has 1 unspecified atom stereocenters. The summed E-state index contributed by atoms with van der Waals surface area (Å²) < 4.78 is 5.18. The van der Waals surface area contributed by atoms with E-state index < -0.39 is 6.10 Å². The first-order valence-corrected chi connectivity index (χ1v) is 7.50. The zero-order valence-electron chi connectivity index (χ0n) is 13.4. The quantitative estimate of drug-likeness (QED) is 0.768. The second-order valence-corrected chi connectivity index (χ2v) is 5.36. The molecular formula is C18H22N2O3. The molecule has 0 aliphatic carbocycles. The molecule has 0 saturated heterocycles. The molecule has 122 valence electrons. The predicted octanol–water partition coefficient (Wildman–Crippen LogP) is 2.73. The van der Waals surface area contributed by atoms with E-state index in [1.807, 2.05) is 43.3 Å². The molecule has 0 heterocycles. The predicted molar refractivity (Wildman–Crippen MR) is 90.9 cm³/mol. The van der Waals surface area contributed by atoms with E-state index in [-0.39, 0.29) is 12.6 Å². The molecule has 0 aliphatic heterocycles. The number of carbonyl (C=O) groups excluding carboxylic acids is 1. The lowest BCUT2D eigenvalue weighted by Gasteiger charge is -2.13. The van der Waals surface area contributed by atoms with Gasteiger partial charge in [0, 0.05) is 18.7 Å². The van der Waals surface area contributed by atoms with Crippen molar-refractivity contribution in [2.24, 2.45) is 0 Å². The molecule has 5 heteroatoms. The molecule has 0 radical (unpaired) electrons. The number of benzene rings is 2. The van der Waals surface area contributed by atoms with E-state index in [4.69, 9.17) is 4.74 Å². The van der Waals surface area contributed by atoms with Crippen LogP contribution in [-0.2, 0) is 6.42 Å². The van der Waals surface area contributed by atoms with Gasteiger partial charge in [0.05, 0.1) is 13.2 Å². The fraction of sp³-hybridized carbons (Fsp3) is 0.278. The number of aliphatic hydroxyl groups excluding tert-OH is 1. The van der Waals surface area contributed by atoms with Crippen LogP contribution in [0.15, 0.2) is 48.5 Å². The number of nitrogens with one attached hydrogen (secondary N) is 2. The van der Waals surface area contributed by atoms with Crippen molar-refractivity contribution in [1.82, 2.24) is 5.32 Å². The summed E-state index contributed by atoms with van der Waals surface area (Å²) in [5.74, 6) is 0.772. The Kier molecular flexibility index (Phi) is 6.00. The van der Waals surface area contributed by atoms with Crippen LogP contribution in [0.4, 0.5) is 10.5 Å². The molecule has 2 aromatic rings. The van der Waals surface area contributed by atoms with Gasteiger partial charge >= 0.3 is 6.03 Å². The minimum absolute atomic E-state index is 0.190. The highest BCUT2D eigenvalue weighted by Crippen LogP contribution is 2.21. The number of hydrogen-bond acceptors (Lipinski definition) is 3. The third-order valence-corrected chi connectivity index (χ3v) is 3.47. The number of aliphatic hydroxyl groups is 1. The molecule has 2 rings (SSSR count). The molecule has 2 aromatic carbocycles. The number of urea groups is 1. The van der Waals surface area contributed by atoms with Crippen molar-refractivity contribution in [3.05, 3.63) is 59.7 Å². The second kappa shape index (κ2) is 8.19. The van der Waals surface area contributed by atoms with Gasteiger partial charge in [-0.25, -0.2) is 4.79 Å². The Bertz CT molecular complexity index is 644. The fourth-order valence-electron chi connectivity index (χ4n) is 2.30. The van der Waals surface area contributed by atoms with Crippen molar-refractivity contribution in [3.8, 4) is 5.75 Å². The van der Waals surface area contributed by atoms with Crippen LogP contribution in [0.3, 0.4) is 0 Å². The van der Waals surface area contributed by atoms with Gasteiger partial charge in [-0.1, -0.05) is 30.3 Å². The van der Waals surface area contributed by atoms with E-state index in [1.54, 1.807) is 19.2 Å². The van der Waals surface area contributed by atoms with Crippen LogP contribution in [0.2, 0.25) is 0 Å². The topological polar surface area (TPSA) is 70.6 Å². The normalized spacial score (nSPS) is 11.6. The van der Waals surface area contributed by atoms with Gasteiger partial charge in [-0.05, 0) is 36.2 Å². The number of methoxy groups -OCH3 is 1. The minimum atomic E-state index is -0.624. The van der Waals surface area contributed by atoms with Crippen molar-refractivity contribution >= 4 is 11.7 Å². The Balaban J connectivity index is 1.79. The average molecular weight is 314 g/mol. The lowest BCUT2D eigenvalue weighted by atomic mass is 10.1. The molecule has 0 spiro atoms. The van der Waals surface area contributed by atoms with Gasteiger partial charge in [0.15, 0.2) is 0 Å². The summed E-state index contributed by atoms with van der Waals surface area (Å²) in [5.41, 5.74) is 2.65. The van der Waals surface area contributed by atoms with E-state index in [1.165, 1.54) is 0 Å². The second-order valence-electron chi connectivity index (χ2n) is 5.36. The highest BCUT2D eigenvalue weighted by atomic mass is 16.5. The Morgan fingerprint density at radius 2 is 1.96 bits per heavy atom. The Hall–Kier alpha value is -2.53. The van der Waals surface area contributed by atoms with Crippen LogP contribution in [0.1, 0.15) is 11.1 Å². The van der Waals surface area contributed by atoms with E-state index >= 15 is 0 Å². The molecule has 0 fully saturated rings. The van der Waals surface area contributed by atoms with Gasteiger partial charge in [0.2, 0.25) is 0 Å². The summed E-state index contributed by atoms with van der Waals surface area (Å²) in [6.45, 7) is 2.10. The SMILES string of the molecule is COc1ccc(NC(=O)NCC(O)Cc2ccccc2)cc1C. The molecule has 1 atom stereocenters. The Labute approximate surface area is 136 Å². The fourth-order valence-corrected chi connectivity index (χ4v) is 2.30. The number of amides is 2. The molecule has 0 aliphatic rings. The third kappa shape index (κ3) is 5.30. The highest BCUT2D eigenvalue weighted by Gasteiger charge is 2.09. The summed E-state index contributed by atoms with van der Waals surface area (Å²) >= 11 is 0. The number of rotatable bonds is 6. The summed E-state index contributed by atoms with van der Waals surface area (Å²) in [6.07, 6.45) is -0.122. The maximum Gasteiger partial charge on any atom is 0.319 e. The first-order valence-electron chi connectivity index (χ1n) is 7.50. The van der Waals surface area contributed by atoms with Crippen LogP contribution < -0.4 is 15.4 Å².